The third-order valence-corrected chi connectivity index (χ3v) is 3.82. The Morgan fingerprint density at radius 1 is 1.57 bits per heavy atom. The average molecular weight is 213 g/mol. The zero-order valence-corrected chi connectivity index (χ0v) is 9.52. The normalized spacial score (nSPS) is 22.1. The van der Waals surface area contributed by atoms with Crippen molar-refractivity contribution in [2.75, 3.05) is 12.8 Å². The van der Waals surface area contributed by atoms with Gasteiger partial charge in [-0.05, 0) is 33.1 Å². The molecule has 1 saturated heterocycles. The summed E-state index contributed by atoms with van der Waals surface area (Å²) in [5, 5.41) is 7.26. The fourth-order valence-electron chi connectivity index (χ4n) is 1.21. The first-order chi connectivity index (χ1) is 6.63. The van der Waals surface area contributed by atoms with Crippen molar-refractivity contribution >= 4 is 11.8 Å². The van der Waals surface area contributed by atoms with E-state index in [1.54, 1.807) is 11.8 Å². The first-order valence-corrected chi connectivity index (χ1v) is 5.98. The second-order valence-electron chi connectivity index (χ2n) is 3.97. The zero-order valence-electron chi connectivity index (χ0n) is 8.70. The molecule has 0 spiro atoms. The molecule has 0 aliphatic carbocycles. The first-order valence-electron chi connectivity index (χ1n) is 4.76. The molecule has 78 valence electrons. The van der Waals surface area contributed by atoms with Crippen molar-refractivity contribution in [3.8, 4) is 0 Å². The predicted octanol–water partition coefficient (Wildman–Crippen LogP) is 1.70. The van der Waals surface area contributed by atoms with Crippen molar-refractivity contribution in [1.82, 2.24) is 15.5 Å². The standard InChI is InChI=1S/C9H15N3OS/c1-9(2,14-3)8-11-7(13-12-8)6-4-5-10-6/h6,10H,4-5H2,1-3H3. The van der Waals surface area contributed by atoms with Crippen LogP contribution in [0.1, 0.15) is 38.0 Å². The molecule has 1 N–H and O–H groups in total. The van der Waals surface area contributed by atoms with Gasteiger partial charge in [-0.25, -0.2) is 0 Å². The lowest BCUT2D eigenvalue weighted by Crippen LogP contribution is -2.35. The monoisotopic (exact) mass is 213 g/mol. The third-order valence-electron chi connectivity index (χ3n) is 2.61. The molecule has 1 fully saturated rings. The molecule has 1 aromatic rings. The number of rotatable bonds is 3. The summed E-state index contributed by atoms with van der Waals surface area (Å²) in [5.41, 5.74) is 0. The van der Waals surface area contributed by atoms with Crippen LogP contribution in [0, 0.1) is 0 Å². The minimum Gasteiger partial charge on any atom is -0.338 e. The van der Waals surface area contributed by atoms with Crippen molar-refractivity contribution in [2.24, 2.45) is 0 Å². The van der Waals surface area contributed by atoms with Gasteiger partial charge in [0.05, 0.1) is 10.8 Å². The van der Waals surface area contributed by atoms with Crippen LogP contribution in [0.25, 0.3) is 0 Å². The second-order valence-corrected chi connectivity index (χ2v) is 5.39. The Morgan fingerprint density at radius 3 is 2.79 bits per heavy atom. The van der Waals surface area contributed by atoms with Crippen LogP contribution in [0.5, 0.6) is 0 Å². The van der Waals surface area contributed by atoms with Gasteiger partial charge in [0.1, 0.15) is 0 Å². The van der Waals surface area contributed by atoms with Crippen LogP contribution < -0.4 is 5.32 Å². The number of hydrogen-bond acceptors (Lipinski definition) is 5. The van der Waals surface area contributed by atoms with Crippen LogP contribution in [0.3, 0.4) is 0 Å². The largest absolute Gasteiger partial charge is 0.338 e. The number of aromatic nitrogens is 2. The summed E-state index contributed by atoms with van der Waals surface area (Å²) in [7, 11) is 0. The smallest absolute Gasteiger partial charge is 0.243 e. The number of hydrogen-bond donors (Lipinski definition) is 1. The molecule has 1 aliphatic rings. The van der Waals surface area contributed by atoms with Gasteiger partial charge in [-0.3, -0.25) is 0 Å². The van der Waals surface area contributed by atoms with Crippen LogP contribution in [0.15, 0.2) is 4.52 Å². The van der Waals surface area contributed by atoms with Gasteiger partial charge in [0.25, 0.3) is 0 Å². The molecule has 14 heavy (non-hydrogen) atoms. The molecule has 1 aromatic heterocycles. The molecule has 0 bridgehead atoms. The maximum atomic E-state index is 5.22. The van der Waals surface area contributed by atoms with Gasteiger partial charge >= 0.3 is 0 Å². The number of thioether (sulfide) groups is 1. The fraction of sp³-hybridized carbons (Fsp3) is 0.778. The molecule has 1 atom stereocenters. The lowest BCUT2D eigenvalue weighted by atomic mass is 10.1. The van der Waals surface area contributed by atoms with E-state index in [9.17, 15) is 0 Å². The van der Waals surface area contributed by atoms with Gasteiger partial charge in [0.15, 0.2) is 5.82 Å². The molecule has 2 heterocycles. The van der Waals surface area contributed by atoms with Crippen molar-refractivity contribution in [3.05, 3.63) is 11.7 Å². The van der Waals surface area contributed by atoms with Crippen molar-refractivity contribution < 1.29 is 4.52 Å². The van der Waals surface area contributed by atoms with E-state index in [1.165, 1.54) is 0 Å². The molecule has 0 saturated carbocycles. The zero-order chi connectivity index (χ0) is 10.2. The first kappa shape index (κ1) is 9.98. The summed E-state index contributed by atoms with van der Waals surface area (Å²) in [6.07, 6.45) is 3.15. The van der Waals surface area contributed by atoms with E-state index in [0.717, 1.165) is 24.7 Å². The van der Waals surface area contributed by atoms with E-state index in [-0.39, 0.29) is 10.8 Å². The SMILES string of the molecule is CSC(C)(C)c1noc(C2CCN2)n1. The fourth-order valence-corrected chi connectivity index (χ4v) is 1.48. The van der Waals surface area contributed by atoms with Gasteiger partial charge in [-0.15, -0.1) is 0 Å². The van der Waals surface area contributed by atoms with E-state index in [2.05, 4.69) is 35.6 Å². The molecule has 1 unspecified atom stereocenters. The average Bonchev–Trinajstić information content (AvgIpc) is 2.51. The lowest BCUT2D eigenvalue weighted by Gasteiger charge is -2.23. The summed E-state index contributed by atoms with van der Waals surface area (Å²) in [6, 6.07) is 0.286. The van der Waals surface area contributed by atoms with Crippen LogP contribution in [-0.2, 0) is 4.75 Å². The van der Waals surface area contributed by atoms with E-state index in [0.29, 0.717) is 0 Å². The van der Waals surface area contributed by atoms with Crippen molar-refractivity contribution in [1.29, 1.82) is 0 Å². The summed E-state index contributed by atoms with van der Waals surface area (Å²) in [5.74, 6) is 1.52. The highest BCUT2D eigenvalue weighted by atomic mass is 32.2. The maximum Gasteiger partial charge on any atom is 0.243 e. The van der Waals surface area contributed by atoms with E-state index in [4.69, 9.17) is 4.52 Å². The van der Waals surface area contributed by atoms with Gasteiger partial charge < -0.3 is 9.84 Å². The van der Waals surface area contributed by atoms with Crippen molar-refractivity contribution in [2.45, 2.75) is 31.1 Å². The van der Waals surface area contributed by atoms with Crippen LogP contribution in [0.2, 0.25) is 0 Å². The van der Waals surface area contributed by atoms with Gasteiger partial charge in [-0.2, -0.15) is 16.7 Å². The van der Waals surface area contributed by atoms with Gasteiger partial charge in [0.2, 0.25) is 5.89 Å². The topological polar surface area (TPSA) is 51.0 Å². The summed E-state index contributed by atoms with van der Waals surface area (Å²) in [6.45, 7) is 5.25. The molecular formula is C9H15N3OS. The highest BCUT2D eigenvalue weighted by molar-refractivity contribution is 7.99. The minimum atomic E-state index is -0.0640. The molecule has 0 amide bonds. The molecule has 1 aliphatic heterocycles. The van der Waals surface area contributed by atoms with Crippen molar-refractivity contribution in [3.63, 3.8) is 0 Å². The second kappa shape index (κ2) is 3.55. The number of nitrogens with zero attached hydrogens (tertiary/aromatic N) is 2. The van der Waals surface area contributed by atoms with E-state index in [1.807, 2.05) is 0 Å². The Labute approximate surface area is 87.8 Å². The molecule has 5 heteroatoms. The van der Waals surface area contributed by atoms with Crippen LogP contribution in [-0.4, -0.2) is 22.9 Å². The summed E-state index contributed by atoms with van der Waals surface area (Å²) in [4.78, 5) is 4.41. The van der Waals surface area contributed by atoms with Crippen LogP contribution in [0.4, 0.5) is 0 Å². The van der Waals surface area contributed by atoms with Gasteiger partial charge in [0, 0.05) is 0 Å². The third kappa shape index (κ3) is 1.66. The Kier molecular flexibility index (Phi) is 2.53. The number of nitrogens with one attached hydrogen (secondary N) is 1. The highest BCUT2D eigenvalue weighted by Gasteiger charge is 2.29. The molecule has 2 rings (SSSR count). The predicted molar refractivity (Wildman–Crippen MR) is 56.2 cm³/mol. The Hall–Kier alpha value is -0.550. The highest BCUT2D eigenvalue weighted by Crippen LogP contribution is 2.32. The Morgan fingerprint density at radius 2 is 2.29 bits per heavy atom. The Bertz CT molecular complexity index is 320. The maximum absolute atomic E-state index is 5.22. The quantitative estimate of drug-likeness (QED) is 0.828. The summed E-state index contributed by atoms with van der Waals surface area (Å²) < 4.78 is 5.16. The summed E-state index contributed by atoms with van der Waals surface area (Å²) >= 11 is 1.73. The Balaban J connectivity index is 2.16. The van der Waals surface area contributed by atoms with Crippen LogP contribution >= 0.6 is 11.8 Å². The van der Waals surface area contributed by atoms with E-state index < -0.39 is 0 Å². The molecule has 0 radical (unpaired) electrons. The molecular weight excluding hydrogens is 198 g/mol. The molecule has 0 aromatic carbocycles. The van der Waals surface area contributed by atoms with E-state index >= 15 is 0 Å². The minimum absolute atomic E-state index is 0.0640. The molecule has 4 nitrogen and oxygen atoms in total. The lowest BCUT2D eigenvalue weighted by molar-refractivity contribution is 0.272. The van der Waals surface area contributed by atoms with Gasteiger partial charge in [-0.1, -0.05) is 5.16 Å².